The molecule has 0 atom stereocenters. The van der Waals surface area contributed by atoms with Gasteiger partial charge in [0, 0.05) is 17.1 Å². The van der Waals surface area contributed by atoms with E-state index in [-0.39, 0.29) is 11.9 Å². The number of hydrogen-bond acceptors (Lipinski definition) is 3. The summed E-state index contributed by atoms with van der Waals surface area (Å²) >= 11 is 5.84. The number of hydrogen-bond donors (Lipinski definition) is 1. The van der Waals surface area contributed by atoms with E-state index in [0.29, 0.717) is 29.3 Å². The van der Waals surface area contributed by atoms with Crippen LogP contribution in [0.15, 0.2) is 48.5 Å². The highest BCUT2D eigenvalue weighted by Gasteiger charge is 2.07. The Morgan fingerprint density at radius 3 is 2.33 bits per heavy atom. The van der Waals surface area contributed by atoms with Gasteiger partial charge in [0.15, 0.2) is 0 Å². The van der Waals surface area contributed by atoms with Gasteiger partial charge in [-0.2, -0.15) is 0 Å². The van der Waals surface area contributed by atoms with E-state index in [2.05, 4.69) is 5.32 Å². The Balaban J connectivity index is 1.77. The normalized spacial score (nSPS) is 10.2. The van der Waals surface area contributed by atoms with Crippen LogP contribution in [0.3, 0.4) is 0 Å². The van der Waals surface area contributed by atoms with E-state index in [1.807, 2.05) is 24.3 Å². The third-order valence-corrected chi connectivity index (χ3v) is 3.71. The molecule has 0 fully saturated rings. The van der Waals surface area contributed by atoms with Crippen molar-refractivity contribution in [2.75, 3.05) is 11.9 Å². The minimum absolute atomic E-state index is 0.0483. The molecule has 24 heavy (non-hydrogen) atoms. The summed E-state index contributed by atoms with van der Waals surface area (Å²) in [4.78, 5) is 23.5. The molecule has 0 spiro atoms. The predicted octanol–water partition coefficient (Wildman–Crippen LogP) is 4.48. The molecule has 0 bridgehead atoms. The van der Waals surface area contributed by atoms with E-state index in [1.54, 1.807) is 31.2 Å². The molecule has 0 radical (unpaired) electrons. The Hall–Kier alpha value is -2.33. The molecule has 4 nitrogen and oxygen atoms in total. The lowest BCUT2D eigenvalue weighted by molar-refractivity contribution is -0.116. The number of ether oxygens (including phenoxy) is 1. The maximum atomic E-state index is 12.0. The molecule has 0 aliphatic heterocycles. The number of carbonyl (C=O) groups excluding carboxylic acids is 2. The lowest BCUT2D eigenvalue weighted by atomic mass is 10.1. The molecule has 0 saturated heterocycles. The number of halogens is 1. The van der Waals surface area contributed by atoms with Crippen LogP contribution in [0.2, 0.25) is 5.02 Å². The van der Waals surface area contributed by atoms with Crippen molar-refractivity contribution in [1.82, 2.24) is 0 Å². The SMILES string of the molecule is CCOC(=O)c1ccc(NC(=O)CCCc2ccc(Cl)cc2)cc1. The van der Waals surface area contributed by atoms with Crippen LogP contribution < -0.4 is 5.32 Å². The monoisotopic (exact) mass is 345 g/mol. The van der Waals surface area contributed by atoms with E-state index in [1.165, 1.54) is 0 Å². The smallest absolute Gasteiger partial charge is 0.338 e. The predicted molar refractivity (Wildman–Crippen MR) is 95.4 cm³/mol. The summed E-state index contributed by atoms with van der Waals surface area (Å²) in [5.74, 6) is -0.411. The van der Waals surface area contributed by atoms with Gasteiger partial charge in [0.25, 0.3) is 0 Å². The summed E-state index contributed by atoms with van der Waals surface area (Å²) in [5.41, 5.74) is 2.29. The van der Waals surface area contributed by atoms with Gasteiger partial charge in [-0.05, 0) is 61.7 Å². The van der Waals surface area contributed by atoms with Crippen molar-refractivity contribution in [3.8, 4) is 0 Å². The molecule has 5 heteroatoms. The molecule has 1 N–H and O–H groups in total. The highest BCUT2D eigenvalue weighted by Crippen LogP contribution is 2.13. The third kappa shape index (κ3) is 5.70. The minimum atomic E-state index is -0.363. The van der Waals surface area contributed by atoms with E-state index in [4.69, 9.17) is 16.3 Å². The van der Waals surface area contributed by atoms with E-state index in [0.717, 1.165) is 18.4 Å². The van der Waals surface area contributed by atoms with Gasteiger partial charge in [-0.25, -0.2) is 4.79 Å². The fourth-order valence-corrected chi connectivity index (χ4v) is 2.36. The topological polar surface area (TPSA) is 55.4 Å². The molecular weight excluding hydrogens is 326 g/mol. The molecule has 0 unspecified atom stereocenters. The molecule has 126 valence electrons. The largest absolute Gasteiger partial charge is 0.462 e. The number of esters is 1. The van der Waals surface area contributed by atoms with Crippen LogP contribution in [0.5, 0.6) is 0 Å². The molecule has 0 aromatic heterocycles. The molecule has 2 aromatic rings. The fourth-order valence-electron chi connectivity index (χ4n) is 2.23. The Bertz CT molecular complexity index is 681. The third-order valence-electron chi connectivity index (χ3n) is 3.46. The summed E-state index contributed by atoms with van der Waals surface area (Å²) in [5, 5.41) is 3.53. The second-order valence-corrected chi connectivity index (χ2v) is 5.76. The molecule has 0 saturated carbocycles. The number of benzene rings is 2. The molecule has 0 aliphatic carbocycles. The van der Waals surface area contributed by atoms with Crippen molar-refractivity contribution in [1.29, 1.82) is 0 Å². The standard InChI is InChI=1S/C19H20ClNO3/c1-2-24-19(23)15-8-12-17(13-9-15)21-18(22)5-3-4-14-6-10-16(20)11-7-14/h6-13H,2-5H2,1H3,(H,21,22). The first-order chi connectivity index (χ1) is 11.6. The molecule has 1 amide bonds. The Labute approximate surface area is 146 Å². The molecule has 0 aliphatic rings. The van der Waals surface area contributed by atoms with Gasteiger partial charge in [0.1, 0.15) is 0 Å². The van der Waals surface area contributed by atoms with Crippen LogP contribution in [0.1, 0.15) is 35.7 Å². The molecule has 0 heterocycles. The number of anilines is 1. The maximum Gasteiger partial charge on any atom is 0.338 e. The van der Waals surface area contributed by atoms with Crippen molar-refractivity contribution in [2.24, 2.45) is 0 Å². The molecular formula is C19H20ClNO3. The van der Waals surface area contributed by atoms with Gasteiger partial charge in [0.2, 0.25) is 5.91 Å². The van der Waals surface area contributed by atoms with Gasteiger partial charge in [-0.3, -0.25) is 4.79 Å². The van der Waals surface area contributed by atoms with Crippen LogP contribution in [0, 0.1) is 0 Å². The van der Waals surface area contributed by atoms with Crippen LogP contribution in [0.4, 0.5) is 5.69 Å². The lowest BCUT2D eigenvalue weighted by Crippen LogP contribution is -2.12. The van der Waals surface area contributed by atoms with Crippen molar-refractivity contribution in [2.45, 2.75) is 26.2 Å². The fraction of sp³-hybridized carbons (Fsp3) is 0.263. The van der Waals surface area contributed by atoms with Crippen LogP contribution in [-0.2, 0) is 16.0 Å². The summed E-state index contributed by atoms with van der Waals surface area (Å²) < 4.78 is 4.92. The quantitative estimate of drug-likeness (QED) is 0.753. The van der Waals surface area contributed by atoms with Crippen molar-refractivity contribution in [3.63, 3.8) is 0 Å². The van der Waals surface area contributed by atoms with Gasteiger partial charge < -0.3 is 10.1 Å². The first-order valence-electron chi connectivity index (χ1n) is 7.90. The maximum absolute atomic E-state index is 12.0. The average Bonchev–Trinajstić information content (AvgIpc) is 2.57. The van der Waals surface area contributed by atoms with Crippen molar-refractivity contribution >= 4 is 29.2 Å². The van der Waals surface area contributed by atoms with E-state index in [9.17, 15) is 9.59 Å². The summed E-state index contributed by atoms with van der Waals surface area (Å²) in [6.07, 6.45) is 2.02. The zero-order valence-electron chi connectivity index (χ0n) is 13.5. The first kappa shape index (κ1) is 18.0. The molecule has 2 aromatic carbocycles. The highest BCUT2D eigenvalue weighted by atomic mass is 35.5. The van der Waals surface area contributed by atoms with Crippen LogP contribution >= 0.6 is 11.6 Å². The number of amides is 1. The number of rotatable bonds is 7. The van der Waals surface area contributed by atoms with Gasteiger partial charge in [-0.15, -0.1) is 0 Å². The zero-order valence-corrected chi connectivity index (χ0v) is 14.3. The van der Waals surface area contributed by atoms with E-state index < -0.39 is 0 Å². The lowest BCUT2D eigenvalue weighted by Gasteiger charge is -2.07. The Morgan fingerprint density at radius 2 is 1.71 bits per heavy atom. The Morgan fingerprint density at radius 1 is 1.04 bits per heavy atom. The van der Waals surface area contributed by atoms with Crippen molar-refractivity contribution < 1.29 is 14.3 Å². The number of carbonyl (C=O) groups is 2. The van der Waals surface area contributed by atoms with Gasteiger partial charge in [0.05, 0.1) is 12.2 Å². The summed E-state index contributed by atoms with van der Waals surface area (Å²) in [7, 11) is 0. The second-order valence-electron chi connectivity index (χ2n) is 5.33. The zero-order chi connectivity index (χ0) is 17.4. The summed E-state index contributed by atoms with van der Waals surface area (Å²) in [6.45, 7) is 2.10. The Kier molecular flexibility index (Phi) is 6.82. The van der Waals surface area contributed by atoms with E-state index >= 15 is 0 Å². The minimum Gasteiger partial charge on any atom is -0.462 e. The van der Waals surface area contributed by atoms with Gasteiger partial charge in [-0.1, -0.05) is 23.7 Å². The number of nitrogens with one attached hydrogen (secondary N) is 1. The number of aryl methyl sites for hydroxylation is 1. The second kappa shape index (κ2) is 9.08. The first-order valence-corrected chi connectivity index (χ1v) is 8.27. The van der Waals surface area contributed by atoms with Crippen molar-refractivity contribution in [3.05, 3.63) is 64.7 Å². The summed E-state index contributed by atoms with van der Waals surface area (Å²) in [6, 6.07) is 14.3. The molecule has 2 rings (SSSR count). The average molecular weight is 346 g/mol. The van der Waals surface area contributed by atoms with Gasteiger partial charge >= 0.3 is 5.97 Å². The highest BCUT2D eigenvalue weighted by molar-refractivity contribution is 6.30. The van der Waals surface area contributed by atoms with Crippen LogP contribution in [-0.4, -0.2) is 18.5 Å². The van der Waals surface area contributed by atoms with Crippen LogP contribution in [0.25, 0.3) is 0 Å².